The summed E-state index contributed by atoms with van der Waals surface area (Å²) in [6.07, 6.45) is 4.46. The zero-order valence-corrected chi connectivity index (χ0v) is 8.60. The predicted molar refractivity (Wildman–Crippen MR) is 58.7 cm³/mol. The number of benzene rings is 1. The first-order valence-corrected chi connectivity index (χ1v) is 4.86. The average molecular weight is 206 g/mol. The number of carbonyl (C=O) groups is 1. The van der Waals surface area contributed by atoms with Crippen LogP contribution in [0.1, 0.15) is 25.3 Å². The van der Waals surface area contributed by atoms with Crippen molar-refractivity contribution >= 4 is 11.9 Å². The molecule has 15 heavy (non-hydrogen) atoms. The minimum atomic E-state index is -0.180. The van der Waals surface area contributed by atoms with Gasteiger partial charge in [0.15, 0.2) is 17.3 Å². The number of phenols is 2. The van der Waals surface area contributed by atoms with Crippen LogP contribution >= 0.6 is 0 Å². The summed E-state index contributed by atoms with van der Waals surface area (Å²) in [6.45, 7) is 1.94. The molecule has 3 heteroatoms. The van der Waals surface area contributed by atoms with E-state index in [0.717, 1.165) is 6.42 Å². The van der Waals surface area contributed by atoms with Gasteiger partial charge in [0.25, 0.3) is 0 Å². The highest BCUT2D eigenvalue weighted by Crippen LogP contribution is 2.25. The molecule has 0 heterocycles. The summed E-state index contributed by atoms with van der Waals surface area (Å²) in [5.41, 5.74) is 0.690. The van der Waals surface area contributed by atoms with E-state index in [1.807, 2.05) is 6.92 Å². The minimum Gasteiger partial charge on any atom is -0.504 e. The quantitative estimate of drug-likeness (QED) is 0.587. The van der Waals surface area contributed by atoms with E-state index in [1.54, 1.807) is 12.1 Å². The number of hydrogen-bond acceptors (Lipinski definition) is 3. The van der Waals surface area contributed by atoms with Gasteiger partial charge in [-0.05, 0) is 30.2 Å². The van der Waals surface area contributed by atoms with Crippen LogP contribution in [0.15, 0.2) is 24.3 Å². The van der Waals surface area contributed by atoms with Crippen LogP contribution in [-0.2, 0) is 4.79 Å². The summed E-state index contributed by atoms with van der Waals surface area (Å²) in [6, 6.07) is 4.43. The molecule has 0 fully saturated rings. The van der Waals surface area contributed by atoms with E-state index < -0.39 is 0 Å². The number of carbonyl (C=O) groups excluding carboxylic acids is 1. The Labute approximate surface area is 88.7 Å². The Kier molecular flexibility index (Phi) is 3.92. The van der Waals surface area contributed by atoms with Crippen LogP contribution in [0.2, 0.25) is 0 Å². The first-order chi connectivity index (χ1) is 7.13. The summed E-state index contributed by atoms with van der Waals surface area (Å²) in [4.78, 5) is 11.2. The maximum Gasteiger partial charge on any atom is 0.157 e. The van der Waals surface area contributed by atoms with Crippen molar-refractivity contribution < 1.29 is 15.0 Å². The van der Waals surface area contributed by atoms with Gasteiger partial charge < -0.3 is 10.2 Å². The van der Waals surface area contributed by atoms with Crippen molar-refractivity contribution in [3.63, 3.8) is 0 Å². The fraction of sp³-hybridized carbons (Fsp3) is 0.250. The van der Waals surface area contributed by atoms with Crippen LogP contribution < -0.4 is 0 Å². The lowest BCUT2D eigenvalue weighted by Crippen LogP contribution is -1.89. The number of hydrogen-bond donors (Lipinski definition) is 2. The number of rotatable bonds is 4. The summed E-state index contributed by atoms with van der Waals surface area (Å²) < 4.78 is 0. The lowest BCUT2D eigenvalue weighted by molar-refractivity contribution is -0.114. The third kappa shape index (κ3) is 3.46. The maximum absolute atomic E-state index is 11.2. The van der Waals surface area contributed by atoms with Gasteiger partial charge in [0.1, 0.15) is 0 Å². The Morgan fingerprint density at radius 2 is 2.07 bits per heavy atom. The lowest BCUT2D eigenvalue weighted by atomic mass is 10.1. The van der Waals surface area contributed by atoms with Gasteiger partial charge in [-0.3, -0.25) is 4.79 Å². The lowest BCUT2D eigenvalue weighted by Gasteiger charge is -1.98. The third-order valence-electron chi connectivity index (χ3n) is 1.96. The van der Waals surface area contributed by atoms with Crippen molar-refractivity contribution in [3.8, 4) is 11.5 Å². The largest absolute Gasteiger partial charge is 0.504 e. The molecule has 0 aromatic heterocycles. The van der Waals surface area contributed by atoms with Gasteiger partial charge in [-0.2, -0.15) is 0 Å². The van der Waals surface area contributed by atoms with Crippen LogP contribution in [-0.4, -0.2) is 16.0 Å². The van der Waals surface area contributed by atoms with E-state index in [4.69, 9.17) is 5.11 Å². The first-order valence-electron chi connectivity index (χ1n) is 4.86. The minimum absolute atomic E-state index is 0.0602. The highest BCUT2D eigenvalue weighted by Gasteiger charge is 1.98. The van der Waals surface area contributed by atoms with Crippen LogP contribution in [0, 0.1) is 0 Å². The monoisotopic (exact) mass is 206 g/mol. The molecule has 0 radical (unpaired) electrons. The molecule has 3 nitrogen and oxygen atoms in total. The summed E-state index contributed by atoms with van der Waals surface area (Å²) in [5, 5.41) is 18.3. The number of phenolic OH excluding ortho intramolecular Hbond substituents is 2. The summed E-state index contributed by atoms with van der Waals surface area (Å²) >= 11 is 0. The molecule has 0 spiro atoms. The maximum atomic E-state index is 11.2. The fourth-order valence-electron chi connectivity index (χ4n) is 1.16. The number of aromatic hydroxyl groups is 2. The van der Waals surface area contributed by atoms with E-state index in [-0.39, 0.29) is 17.3 Å². The van der Waals surface area contributed by atoms with Crippen LogP contribution in [0.3, 0.4) is 0 Å². The molecule has 1 rings (SSSR count). The molecule has 2 N–H and O–H groups in total. The Bertz CT molecular complexity index is 380. The van der Waals surface area contributed by atoms with E-state index in [0.29, 0.717) is 12.0 Å². The van der Waals surface area contributed by atoms with Crippen molar-refractivity contribution in [1.29, 1.82) is 0 Å². The molecule has 0 aliphatic rings. The Hall–Kier alpha value is -1.77. The highest BCUT2D eigenvalue weighted by atomic mass is 16.3. The summed E-state index contributed by atoms with van der Waals surface area (Å²) in [5.74, 6) is -0.280. The molecular formula is C12H14O3. The van der Waals surface area contributed by atoms with Gasteiger partial charge >= 0.3 is 0 Å². The standard InChI is InChI=1S/C12H14O3/c1-2-3-10(13)6-4-9-5-7-11(14)12(15)8-9/h4-8,14-15H,2-3H2,1H3. The normalized spacial score (nSPS) is 10.7. The molecule has 0 saturated heterocycles. The summed E-state index contributed by atoms with van der Waals surface area (Å²) in [7, 11) is 0. The molecular weight excluding hydrogens is 192 g/mol. The van der Waals surface area contributed by atoms with Crippen LogP contribution in [0.5, 0.6) is 11.5 Å². The Balaban J connectivity index is 2.72. The third-order valence-corrected chi connectivity index (χ3v) is 1.96. The van der Waals surface area contributed by atoms with Gasteiger partial charge in [-0.15, -0.1) is 0 Å². The van der Waals surface area contributed by atoms with Crippen molar-refractivity contribution in [2.75, 3.05) is 0 Å². The molecule has 0 bridgehead atoms. The van der Waals surface area contributed by atoms with Crippen molar-refractivity contribution in [2.45, 2.75) is 19.8 Å². The second-order valence-corrected chi connectivity index (χ2v) is 3.30. The molecule has 0 aliphatic carbocycles. The molecule has 0 unspecified atom stereocenters. The SMILES string of the molecule is CCCC(=O)C=Cc1ccc(O)c(O)c1. The zero-order valence-electron chi connectivity index (χ0n) is 8.60. The molecule has 0 atom stereocenters. The smallest absolute Gasteiger partial charge is 0.157 e. The van der Waals surface area contributed by atoms with Gasteiger partial charge in [0, 0.05) is 6.42 Å². The Morgan fingerprint density at radius 3 is 2.67 bits per heavy atom. The zero-order chi connectivity index (χ0) is 11.3. The van der Waals surface area contributed by atoms with Crippen molar-refractivity contribution in [1.82, 2.24) is 0 Å². The van der Waals surface area contributed by atoms with E-state index >= 15 is 0 Å². The first kappa shape index (κ1) is 11.3. The molecule has 1 aromatic carbocycles. The van der Waals surface area contributed by atoms with Crippen LogP contribution in [0.4, 0.5) is 0 Å². The van der Waals surface area contributed by atoms with Gasteiger partial charge in [-0.1, -0.05) is 19.1 Å². The fourth-order valence-corrected chi connectivity index (χ4v) is 1.16. The highest BCUT2D eigenvalue weighted by molar-refractivity contribution is 5.93. The van der Waals surface area contributed by atoms with Gasteiger partial charge in [0.2, 0.25) is 0 Å². The molecule has 80 valence electrons. The van der Waals surface area contributed by atoms with Crippen LogP contribution in [0.25, 0.3) is 6.08 Å². The predicted octanol–water partition coefficient (Wildman–Crippen LogP) is 2.48. The molecule has 1 aromatic rings. The topological polar surface area (TPSA) is 57.5 Å². The second-order valence-electron chi connectivity index (χ2n) is 3.30. The van der Waals surface area contributed by atoms with E-state index in [9.17, 15) is 9.90 Å². The number of ketones is 1. The molecule has 0 amide bonds. The van der Waals surface area contributed by atoms with Crippen molar-refractivity contribution in [3.05, 3.63) is 29.8 Å². The van der Waals surface area contributed by atoms with Gasteiger partial charge in [0.05, 0.1) is 0 Å². The van der Waals surface area contributed by atoms with Gasteiger partial charge in [-0.25, -0.2) is 0 Å². The van der Waals surface area contributed by atoms with E-state index in [2.05, 4.69) is 0 Å². The number of allylic oxidation sites excluding steroid dienone is 1. The van der Waals surface area contributed by atoms with E-state index in [1.165, 1.54) is 18.2 Å². The average Bonchev–Trinajstić information content (AvgIpc) is 2.20. The molecule has 0 saturated carbocycles. The Morgan fingerprint density at radius 1 is 1.33 bits per heavy atom. The van der Waals surface area contributed by atoms with Crippen molar-refractivity contribution in [2.24, 2.45) is 0 Å². The molecule has 0 aliphatic heterocycles. The second kappa shape index (κ2) is 5.20.